The van der Waals surface area contributed by atoms with Crippen molar-refractivity contribution in [3.8, 4) is 0 Å². The number of thiophene rings is 1. The predicted molar refractivity (Wildman–Crippen MR) is 90.0 cm³/mol. The zero-order valence-corrected chi connectivity index (χ0v) is 15.0. The Balaban J connectivity index is 2.30. The summed E-state index contributed by atoms with van der Waals surface area (Å²) in [5, 5.41) is 4.96. The van der Waals surface area contributed by atoms with Gasteiger partial charge in [-0.1, -0.05) is 22.0 Å². The van der Waals surface area contributed by atoms with Gasteiger partial charge in [0.2, 0.25) is 10.0 Å². The Morgan fingerprint density at radius 1 is 1.29 bits per heavy atom. The largest absolute Gasteiger partial charge is 0.316 e. The molecule has 0 unspecified atom stereocenters. The third-order valence-corrected chi connectivity index (χ3v) is 6.27. The predicted octanol–water partition coefficient (Wildman–Crippen LogP) is 3.02. The van der Waals surface area contributed by atoms with E-state index in [0.717, 1.165) is 14.9 Å². The molecule has 0 radical (unpaired) electrons. The fraction of sp³-hybridized carbons (Fsp3) is 0.286. The van der Waals surface area contributed by atoms with Gasteiger partial charge in [-0.2, -0.15) is 0 Å². The molecule has 0 aliphatic rings. The van der Waals surface area contributed by atoms with Crippen LogP contribution >= 0.6 is 27.3 Å². The molecule has 2 N–H and O–H groups in total. The smallest absolute Gasteiger partial charge is 0.241 e. The van der Waals surface area contributed by atoms with Crippen molar-refractivity contribution in [2.75, 3.05) is 7.05 Å². The monoisotopic (exact) mass is 388 g/mol. The highest BCUT2D eigenvalue weighted by atomic mass is 79.9. The van der Waals surface area contributed by atoms with Gasteiger partial charge in [0.15, 0.2) is 0 Å². The molecule has 7 heteroatoms. The number of benzene rings is 1. The van der Waals surface area contributed by atoms with Gasteiger partial charge in [0.1, 0.15) is 0 Å². The summed E-state index contributed by atoms with van der Waals surface area (Å²) in [5.74, 6) is 0. The summed E-state index contributed by atoms with van der Waals surface area (Å²) in [6.45, 7) is 2.73. The van der Waals surface area contributed by atoms with Crippen molar-refractivity contribution in [1.82, 2.24) is 10.0 Å². The van der Waals surface area contributed by atoms with Crippen molar-refractivity contribution < 1.29 is 8.42 Å². The van der Waals surface area contributed by atoms with E-state index in [1.165, 1.54) is 11.3 Å². The molecule has 0 atom stereocenters. The highest BCUT2D eigenvalue weighted by Crippen LogP contribution is 2.26. The van der Waals surface area contributed by atoms with Crippen LogP contribution in [-0.4, -0.2) is 15.5 Å². The molecule has 0 amide bonds. The van der Waals surface area contributed by atoms with E-state index >= 15 is 0 Å². The summed E-state index contributed by atoms with van der Waals surface area (Å²) in [4.78, 5) is 1.31. The maximum atomic E-state index is 12.5. The first-order valence-corrected chi connectivity index (χ1v) is 9.55. The third-order valence-electron chi connectivity index (χ3n) is 3.04. The molecule has 21 heavy (non-hydrogen) atoms. The maximum absolute atomic E-state index is 12.5. The lowest BCUT2D eigenvalue weighted by molar-refractivity contribution is 0.581. The van der Waals surface area contributed by atoms with Gasteiger partial charge in [-0.3, -0.25) is 0 Å². The van der Waals surface area contributed by atoms with E-state index in [2.05, 4.69) is 26.0 Å². The molecule has 2 rings (SSSR count). The number of halogens is 1. The molecule has 0 bridgehead atoms. The van der Waals surface area contributed by atoms with Crippen LogP contribution in [0.5, 0.6) is 0 Å². The van der Waals surface area contributed by atoms with E-state index in [1.54, 1.807) is 13.0 Å². The van der Waals surface area contributed by atoms with Crippen LogP contribution in [0.25, 0.3) is 0 Å². The lowest BCUT2D eigenvalue weighted by Crippen LogP contribution is -2.24. The molecule has 0 saturated heterocycles. The lowest BCUT2D eigenvalue weighted by Gasteiger charge is -2.12. The molecule has 1 aromatic heterocycles. The number of nitrogens with one attached hydrogen (secondary N) is 2. The van der Waals surface area contributed by atoms with E-state index < -0.39 is 10.0 Å². The molecule has 0 fully saturated rings. The highest BCUT2D eigenvalue weighted by molar-refractivity contribution is 9.10. The average molecular weight is 389 g/mol. The second kappa shape index (κ2) is 7.02. The molecule has 1 heterocycles. The quantitative estimate of drug-likeness (QED) is 0.799. The van der Waals surface area contributed by atoms with Crippen LogP contribution in [0.2, 0.25) is 0 Å². The maximum Gasteiger partial charge on any atom is 0.241 e. The Hall–Kier alpha value is -0.730. The van der Waals surface area contributed by atoms with Crippen LogP contribution in [0, 0.1) is 6.92 Å². The van der Waals surface area contributed by atoms with Crippen molar-refractivity contribution in [3.05, 3.63) is 50.1 Å². The molecular formula is C14H17BrN2O2S2. The van der Waals surface area contributed by atoms with Crippen LogP contribution in [0.3, 0.4) is 0 Å². The molecular weight excluding hydrogens is 372 g/mol. The van der Waals surface area contributed by atoms with Crippen molar-refractivity contribution in [1.29, 1.82) is 0 Å². The van der Waals surface area contributed by atoms with Crippen LogP contribution in [-0.2, 0) is 23.1 Å². The lowest BCUT2D eigenvalue weighted by atomic mass is 10.1. The summed E-state index contributed by atoms with van der Waals surface area (Å²) in [7, 11) is -1.70. The van der Waals surface area contributed by atoms with Crippen LogP contribution in [0.15, 0.2) is 39.0 Å². The van der Waals surface area contributed by atoms with E-state index in [4.69, 9.17) is 0 Å². The Labute approximate surface area is 137 Å². The summed E-state index contributed by atoms with van der Waals surface area (Å²) in [5.41, 5.74) is 1.64. The average Bonchev–Trinajstić information content (AvgIpc) is 2.94. The van der Waals surface area contributed by atoms with Gasteiger partial charge in [0, 0.05) is 22.4 Å². The minimum atomic E-state index is -3.53. The summed E-state index contributed by atoms with van der Waals surface area (Å²) >= 11 is 4.96. The molecule has 114 valence electrons. The number of sulfonamides is 1. The second-order valence-electron chi connectivity index (χ2n) is 4.64. The SMILES string of the molecule is CNCc1cc(Br)c(C)c(S(=O)(=O)NCc2cccs2)c1. The van der Waals surface area contributed by atoms with Crippen LogP contribution in [0.4, 0.5) is 0 Å². The van der Waals surface area contributed by atoms with Crippen molar-refractivity contribution in [2.45, 2.75) is 24.9 Å². The molecule has 0 saturated carbocycles. The summed E-state index contributed by atoms with van der Waals surface area (Å²) in [6, 6.07) is 7.47. The fourth-order valence-corrected chi connectivity index (χ4v) is 4.64. The zero-order valence-electron chi connectivity index (χ0n) is 11.8. The second-order valence-corrected chi connectivity index (χ2v) is 8.26. The van der Waals surface area contributed by atoms with Gasteiger partial charge in [-0.25, -0.2) is 13.1 Å². The normalized spacial score (nSPS) is 11.8. The fourth-order valence-electron chi connectivity index (χ4n) is 1.95. The van der Waals surface area contributed by atoms with Gasteiger partial charge in [0.05, 0.1) is 4.90 Å². The van der Waals surface area contributed by atoms with Gasteiger partial charge in [-0.05, 0) is 48.7 Å². The summed E-state index contributed by atoms with van der Waals surface area (Å²) < 4.78 is 28.5. The van der Waals surface area contributed by atoms with Gasteiger partial charge < -0.3 is 5.32 Å². The van der Waals surface area contributed by atoms with Gasteiger partial charge >= 0.3 is 0 Å². The summed E-state index contributed by atoms with van der Waals surface area (Å²) in [6.07, 6.45) is 0. The van der Waals surface area contributed by atoms with Crippen molar-refractivity contribution in [2.24, 2.45) is 0 Å². The van der Waals surface area contributed by atoms with E-state index in [1.807, 2.05) is 30.6 Å². The van der Waals surface area contributed by atoms with Crippen LogP contribution in [0.1, 0.15) is 16.0 Å². The topological polar surface area (TPSA) is 58.2 Å². The Kier molecular flexibility index (Phi) is 5.56. The molecule has 0 aliphatic carbocycles. The highest BCUT2D eigenvalue weighted by Gasteiger charge is 2.19. The molecule has 0 spiro atoms. The van der Waals surface area contributed by atoms with E-state index in [-0.39, 0.29) is 0 Å². The standard InChI is InChI=1S/C14H17BrN2O2S2/c1-10-13(15)6-11(8-16-2)7-14(10)21(18,19)17-9-12-4-3-5-20-12/h3-7,16-17H,8-9H2,1-2H3. The molecule has 0 aliphatic heterocycles. The Bertz CT molecular complexity index is 713. The Morgan fingerprint density at radius 3 is 2.67 bits per heavy atom. The number of hydrogen-bond donors (Lipinski definition) is 2. The number of rotatable bonds is 6. The molecule has 1 aromatic carbocycles. The first-order chi connectivity index (χ1) is 9.94. The first-order valence-electron chi connectivity index (χ1n) is 6.39. The van der Waals surface area contributed by atoms with E-state index in [9.17, 15) is 8.42 Å². The minimum Gasteiger partial charge on any atom is -0.316 e. The van der Waals surface area contributed by atoms with Gasteiger partial charge in [-0.15, -0.1) is 11.3 Å². The molecule has 4 nitrogen and oxygen atoms in total. The van der Waals surface area contributed by atoms with Crippen molar-refractivity contribution in [3.63, 3.8) is 0 Å². The minimum absolute atomic E-state index is 0.313. The third kappa shape index (κ3) is 4.14. The molecule has 2 aromatic rings. The zero-order chi connectivity index (χ0) is 15.5. The van der Waals surface area contributed by atoms with Crippen LogP contribution < -0.4 is 10.0 Å². The van der Waals surface area contributed by atoms with Gasteiger partial charge in [0.25, 0.3) is 0 Å². The first kappa shape index (κ1) is 16.6. The van der Waals surface area contributed by atoms with E-state index in [0.29, 0.717) is 23.5 Å². The Morgan fingerprint density at radius 2 is 2.05 bits per heavy atom. The number of hydrogen-bond acceptors (Lipinski definition) is 4. The van der Waals surface area contributed by atoms with Crippen molar-refractivity contribution >= 4 is 37.3 Å².